The average Bonchev–Trinajstić information content (AvgIpc) is 2.66. The van der Waals surface area contributed by atoms with Gasteiger partial charge in [-0.05, 0) is 36.8 Å². The van der Waals surface area contributed by atoms with Gasteiger partial charge >= 0.3 is 0 Å². The number of nitrogens with one attached hydrogen (secondary N) is 1. The second-order valence-electron chi connectivity index (χ2n) is 5.58. The van der Waals surface area contributed by atoms with Crippen LogP contribution in [-0.2, 0) is 6.61 Å². The topological polar surface area (TPSA) is 56.8 Å². The standard InChI is InChI=1S/C20H25NO4/c1-4-5-12-21-20(22)15-10-11-17(23-2)16(13-15)14-25-19-9-7-6-8-18(19)24-3/h6-11,13H,4-5,12,14H2,1-3H3,(H,21,22). The lowest BCUT2D eigenvalue weighted by atomic mass is 10.1. The lowest BCUT2D eigenvalue weighted by Crippen LogP contribution is -2.24. The highest BCUT2D eigenvalue weighted by atomic mass is 16.5. The molecule has 0 radical (unpaired) electrons. The van der Waals surface area contributed by atoms with Gasteiger partial charge in [-0.2, -0.15) is 0 Å². The van der Waals surface area contributed by atoms with Crippen molar-refractivity contribution in [2.24, 2.45) is 0 Å². The molecule has 0 atom stereocenters. The number of amides is 1. The number of carbonyl (C=O) groups excluding carboxylic acids is 1. The molecule has 5 nitrogen and oxygen atoms in total. The third-order valence-corrected chi connectivity index (χ3v) is 3.81. The third kappa shape index (κ3) is 5.14. The molecule has 0 unspecified atom stereocenters. The molecule has 0 aromatic heterocycles. The first-order chi connectivity index (χ1) is 12.2. The van der Waals surface area contributed by atoms with Crippen molar-refractivity contribution in [2.75, 3.05) is 20.8 Å². The average molecular weight is 343 g/mol. The van der Waals surface area contributed by atoms with Crippen molar-refractivity contribution >= 4 is 5.91 Å². The molecule has 25 heavy (non-hydrogen) atoms. The summed E-state index contributed by atoms with van der Waals surface area (Å²) >= 11 is 0. The number of hydrogen-bond donors (Lipinski definition) is 1. The van der Waals surface area contributed by atoms with Gasteiger partial charge in [-0.3, -0.25) is 4.79 Å². The van der Waals surface area contributed by atoms with Gasteiger partial charge in [0.25, 0.3) is 5.91 Å². The van der Waals surface area contributed by atoms with Gasteiger partial charge in [0, 0.05) is 17.7 Å². The molecule has 2 aromatic carbocycles. The zero-order valence-corrected chi connectivity index (χ0v) is 15.0. The maximum absolute atomic E-state index is 12.2. The summed E-state index contributed by atoms with van der Waals surface area (Å²) in [5.74, 6) is 1.90. The van der Waals surface area contributed by atoms with Crippen LogP contribution in [-0.4, -0.2) is 26.7 Å². The SMILES string of the molecule is CCCCNC(=O)c1ccc(OC)c(COc2ccccc2OC)c1. The summed E-state index contributed by atoms with van der Waals surface area (Å²) in [6.45, 7) is 3.04. The summed E-state index contributed by atoms with van der Waals surface area (Å²) in [6.07, 6.45) is 2.01. The van der Waals surface area contributed by atoms with Crippen LogP contribution in [0.2, 0.25) is 0 Å². The molecule has 0 aliphatic rings. The Morgan fingerprint density at radius 2 is 1.72 bits per heavy atom. The molecule has 0 spiro atoms. The first-order valence-electron chi connectivity index (χ1n) is 8.40. The Morgan fingerprint density at radius 3 is 2.40 bits per heavy atom. The first kappa shape index (κ1) is 18.6. The third-order valence-electron chi connectivity index (χ3n) is 3.81. The smallest absolute Gasteiger partial charge is 0.251 e. The number of para-hydroxylation sites is 2. The van der Waals surface area contributed by atoms with Gasteiger partial charge in [-0.25, -0.2) is 0 Å². The number of methoxy groups -OCH3 is 2. The first-order valence-corrected chi connectivity index (χ1v) is 8.40. The fourth-order valence-electron chi connectivity index (χ4n) is 2.41. The van der Waals surface area contributed by atoms with Crippen LogP contribution in [0.3, 0.4) is 0 Å². The minimum Gasteiger partial charge on any atom is -0.496 e. The van der Waals surface area contributed by atoms with Crippen molar-refractivity contribution in [1.29, 1.82) is 0 Å². The Balaban J connectivity index is 2.12. The molecular weight excluding hydrogens is 318 g/mol. The largest absolute Gasteiger partial charge is 0.496 e. The molecule has 0 bridgehead atoms. The molecule has 0 aliphatic carbocycles. The van der Waals surface area contributed by atoms with Crippen molar-refractivity contribution in [3.8, 4) is 17.2 Å². The summed E-state index contributed by atoms with van der Waals surface area (Å²) < 4.78 is 16.5. The van der Waals surface area contributed by atoms with Crippen molar-refractivity contribution in [3.05, 3.63) is 53.6 Å². The van der Waals surface area contributed by atoms with E-state index < -0.39 is 0 Å². The lowest BCUT2D eigenvalue weighted by Gasteiger charge is -2.14. The summed E-state index contributed by atoms with van der Waals surface area (Å²) in [6, 6.07) is 12.8. The van der Waals surface area contributed by atoms with E-state index >= 15 is 0 Å². The predicted molar refractivity (Wildman–Crippen MR) is 97.6 cm³/mol. The van der Waals surface area contributed by atoms with E-state index in [0.717, 1.165) is 18.4 Å². The van der Waals surface area contributed by atoms with Crippen LogP contribution < -0.4 is 19.5 Å². The maximum atomic E-state index is 12.2. The van der Waals surface area contributed by atoms with Crippen molar-refractivity contribution in [1.82, 2.24) is 5.32 Å². The van der Waals surface area contributed by atoms with Crippen LogP contribution in [0.15, 0.2) is 42.5 Å². The number of unbranched alkanes of at least 4 members (excludes halogenated alkanes) is 1. The number of benzene rings is 2. The maximum Gasteiger partial charge on any atom is 0.251 e. The highest BCUT2D eigenvalue weighted by Crippen LogP contribution is 2.28. The number of rotatable bonds is 9. The molecule has 1 N–H and O–H groups in total. The molecule has 0 saturated carbocycles. The van der Waals surface area contributed by atoms with Gasteiger partial charge in [0.1, 0.15) is 12.4 Å². The number of hydrogen-bond acceptors (Lipinski definition) is 4. The summed E-state index contributed by atoms with van der Waals surface area (Å²) in [5, 5.41) is 2.92. The summed E-state index contributed by atoms with van der Waals surface area (Å²) in [5.41, 5.74) is 1.40. The molecule has 134 valence electrons. The van der Waals surface area contributed by atoms with E-state index in [0.29, 0.717) is 29.4 Å². The van der Waals surface area contributed by atoms with E-state index in [-0.39, 0.29) is 12.5 Å². The molecule has 2 aromatic rings. The van der Waals surface area contributed by atoms with Crippen LogP contribution in [0.4, 0.5) is 0 Å². The van der Waals surface area contributed by atoms with Crippen molar-refractivity contribution in [2.45, 2.75) is 26.4 Å². The Kier molecular flexibility index (Phi) is 7.14. The zero-order chi connectivity index (χ0) is 18.1. The second kappa shape index (κ2) is 9.57. The quantitative estimate of drug-likeness (QED) is 0.704. The van der Waals surface area contributed by atoms with Crippen LogP contribution in [0, 0.1) is 0 Å². The van der Waals surface area contributed by atoms with E-state index in [4.69, 9.17) is 14.2 Å². The van der Waals surface area contributed by atoms with Crippen LogP contribution in [0.1, 0.15) is 35.7 Å². The monoisotopic (exact) mass is 343 g/mol. The highest BCUT2D eigenvalue weighted by Gasteiger charge is 2.11. The van der Waals surface area contributed by atoms with E-state index in [2.05, 4.69) is 12.2 Å². The molecule has 5 heteroatoms. The van der Waals surface area contributed by atoms with E-state index in [1.54, 1.807) is 32.4 Å². The Bertz CT molecular complexity index is 700. The van der Waals surface area contributed by atoms with E-state index in [1.165, 1.54) is 0 Å². The molecule has 0 fully saturated rings. The fraction of sp³-hybridized carbons (Fsp3) is 0.350. The van der Waals surface area contributed by atoms with Gasteiger partial charge in [0.2, 0.25) is 0 Å². The van der Waals surface area contributed by atoms with Gasteiger partial charge in [0.05, 0.1) is 14.2 Å². The van der Waals surface area contributed by atoms with E-state index in [9.17, 15) is 4.79 Å². The normalized spacial score (nSPS) is 10.2. The Morgan fingerprint density at radius 1 is 1.00 bits per heavy atom. The van der Waals surface area contributed by atoms with Gasteiger partial charge in [-0.15, -0.1) is 0 Å². The molecule has 0 heterocycles. The van der Waals surface area contributed by atoms with Crippen molar-refractivity contribution < 1.29 is 19.0 Å². The summed E-state index contributed by atoms with van der Waals surface area (Å²) in [4.78, 5) is 12.2. The predicted octanol–water partition coefficient (Wildman–Crippen LogP) is 3.81. The van der Waals surface area contributed by atoms with Gasteiger partial charge in [0.15, 0.2) is 11.5 Å². The molecule has 1 amide bonds. The lowest BCUT2D eigenvalue weighted by molar-refractivity contribution is 0.0953. The highest BCUT2D eigenvalue weighted by molar-refractivity contribution is 5.94. The fourth-order valence-corrected chi connectivity index (χ4v) is 2.41. The second-order valence-corrected chi connectivity index (χ2v) is 5.58. The molecular formula is C20H25NO4. The Hall–Kier alpha value is -2.69. The van der Waals surface area contributed by atoms with Crippen LogP contribution >= 0.6 is 0 Å². The Labute approximate surface area is 148 Å². The minimum absolute atomic E-state index is 0.0883. The number of carbonyl (C=O) groups is 1. The number of ether oxygens (including phenoxy) is 3. The summed E-state index contributed by atoms with van der Waals surface area (Å²) in [7, 11) is 3.20. The van der Waals surface area contributed by atoms with Crippen LogP contribution in [0.5, 0.6) is 17.2 Å². The van der Waals surface area contributed by atoms with Gasteiger partial charge < -0.3 is 19.5 Å². The minimum atomic E-state index is -0.0883. The molecule has 2 rings (SSSR count). The molecule has 0 saturated heterocycles. The van der Waals surface area contributed by atoms with E-state index in [1.807, 2.05) is 24.3 Å². The van der Waals surface area contributed by atoms with Gasteiger partial charge in [-0.1, -0.05) is 25.5 Å². The van der Waals surface area contributed by atoms with Crippen LogP contribution in [0.25, 0.3) is 0 Å². The van der Waals surface area contributed by atoms with Crippen molar-refractivity contribution in [3.63, 3.8) is 0 Å². The molecule has 0 aliphatic heterocycles. The zero-order valence-electron chi connectivity index (χ0n) is 15.0.